The summed E-state index contributed by atoms with van der Waals surface area (Å²) in [5.41, 5.74) is 3.50. The first-order valence-corrected chi connectivity index (χ1v) is 12.0. The lowest BCUT2D eigenvalue weighted by molar-refractivity contribution is -0.147. The quantitative estimate of drug-likeness (QED) is 0.433. The molecular formula is C28H28ClNO7. The van der Waals surface area contributed by atoms with E-state index in [2.05, 4.69) is 0 Å². The standard InChI is InChI=1S/C28H28ClNO7/c1-16-8-11-21-20(12-16)27(19-6-5-7-22(35-3)26(19)29)37-24(14-25(31)32)28(33)30(21)15-17-9-10-18(34-2)13-23(17)36-4/h5-13,24,27H,14-15H2,1-4H3,(H,31,32)/t24-,27-/m0/s1. The van der Waals surface area contributed by atoms with Crippen LogP contribution in [0.4, 0.5) is 5.69 Å². The number of benzene rings is 3. The number of aryl methyl sites for hydroxylation is 1. The minimum Gasteiger partial charge on any atom is -0.497 e. The number of anilines is 1. The molecule has 0 saturated heterocycles. The number of halogens is 1. The molecule has 1 heterocycles. The second-order valence-electron chi connectivity index (χ2n) is 8.63. The molecule has 8 nitrogen and oxygen atoms in total. The molecule has 2 atom stereocenters. The van der Waals surface area contributed by atoms with Gasteiger partial charge in [0.15, 0.2) is 0 Å². The van der Waals surface area contributed by atoms with Gasteiger partial charge in [-0.2, -0.15) is 0 Å². The monoisotopic (exact) mass is 525 g/mol. The van der Waals surface area contributed by atoms with E-state index in [0.29, 0.717) is 39.1 Å². The summed E-state index contributed by atoms with van der Waals surface area (Å²) in [6.07, 6.45) is -2.59. The minimum absolute atomic E-state index is 0.125. The number of amides is 1. The molecule has 0 bridgehead atoms. The van der Waals surface area contributed by atoms with Crippen LogP contribution in [0.3, 0.4) is 0 Å². The van der Waals surface area contributed by atoms with Crippen molar-refractivity contribution in [2.45, 2.75) is 32.1 Å². The lowest BCUT2D eigenvalue weighted by atomic mass is 9.97. The molecule has 3 aromatic rings. The van der Waals surface area contributed by atoms with Crippen LogP contribution in [0.15, 0.2) is 54.6 Å². The molecule has 1 amide bonds. The van der Waals surface area contributed by atoms with Gasteiger partial charge in [0.25, 0.3) is 5.91 Å². The molecule has 9 heteroatoms. The first kappa shape index (κ1) is 26.3. The average Bonchev–Trinajstić information content (AvgIpc) is 2.99. The smallest absolute Gasteiger partial charge is 0.306 e. The molecule has 0 fully saturated rings. The molecular weight excluding hydrogens is 498 g/mol. The predicted octanol–water partition coefficient (Wildman–Crippen LogP) is 5.17. The highest BCUT2D eigenvalue weighted by atomic mass is 35.5. The number of fused-ring (bicyclic) bond motifs is 1. The Hall–Kier alpha value is -3.75. The Bertz CT molecular complexity index is 1330. The third-order valence-electron chi connectivity index (χ3n) is 6.28. The zero-order chi connectivity index (χ0) is 26.7. The Morgan fingerprint density at radius 2 is 1.76 bits per heavy atom. The van der Waals surface area contributed by atoms with Gasteiger partial charge in [0, 0.05) is 22.8 Å². The van der Waals surface area contributed by atoms with Crippen molar-refractivity contribution in [3.8, 4) is 17.2 Å². The van der Waals surface area contributed by atoms with Gasteiger partial charge < -0.3 is 29.0 Å². The molecule has 4 rings (SSSR count). The molecule has 194 valence electrons. The summed E-state index contributed by atoms with van der Waals surface area (Å²) < 4.78 is 22.5. The largest absolute Gasteiger partial charge is 0.497 e. The molecule has 37 heavy (non-hydrogen) atoms. The number of carboxylic acids is 1. The maximum Gasteiger partial charge on any atom is 0.306 e. The van der Waals surface area contributed by atoms with Crippen LogP contribution in [0.1, 0.15) is 34.8 Å². The molecule has 0 unspecified atom stereocenters. The van der Waals surface area contributed by atoms with Crippen molar-refractivity contribution in [3.05, 3.63) is 81.9 Å². The SMILES string of the molecule is COc1ccc(CN2C(=O)[C@H](CC(=O)O)O[C@@H](c3cccc(OC)c3Cl)c3cc(C)ccc32)c(OC)c1. The van der Waals surface area contributed by atoms with Crippen LogP contribution in [0.2, 0.25) is 5.02 Å². The summed E-state index contributed by atoms with van der Waals surface area (Å²) in [5.74, 6) is -0.0428. The Labute approximate surface area is 220 Å². The van der Waals surface area contributed by atoms with Crippen molar-refractivity contribution >= 4 is 29.2 Å². The van der Waals surface area contributed by atoms with E-state index in [1.54, 1.807) is 42.3 Å². The average molecular weight is 526 g/mol. The van der Waals surface area contributed by atoms with Crippen LogP contribution in [-0.4, -0.2) is 44.4 Å². The highest BCUT2D eigenvalue weighted by Gasteiger charge is 2.39. The summed E-state index contributed by atoms with van der Waals surface area (Å²) in [6, 6.07) is 16.3. The Morgan fingerprint density at radius 3 is 2.43 bits per heavy atom. The molecule has 3 aromatic carbocycles. The summed E-state index contributed by atoms with van der Waals surface area (Å²) in [6.45, 7) is 2.06. The van der Waals surface area contributed by atoms with Gasteiger partial charge in [-0.15, -0.1) is 0 Å². The first-order chi connectivity index (χ1) is 17.8. The van der Waals surface area contributed by atoms with Crippen molar-refractivity contribution in [2.75, 3.05) is 26.2 Å². The number of carbonyl (C=O) groups is 2. The second kappa shape index (κ2) is 11.1. The Kier molecular flexibility index (Phi) is 7.90. The summed E-state index contributed by atoms with van der Waals surface area (Å²) >= 11 is 6.68. The van der Waals surface area contributed by atoms with Gasteiger partial charge in [-0.05, 0) is 31.2 Å². The maximum atomic E-state index is 13.9. The molecule has 0 aliphatic carbocycles. The highest BCUT2D eigenvalue weighted by Crippen LogP contribution is 2.44. The number of hydrogen-bond acceptors (Lipinski definition) is 6. The van der Waals surface area contributed by atoms with Gasteiger partial charge in [-0.25, -0.2) is 0 Å². The molecule has 1 aliphatic heterocycles. The third kappa shape index (κ3) is 5.35. The molecule has 0 spiro atoms. The number of nitrogens with zero attached hydrogens (tertiary/aromatic N) is 1. The van der Waals surface area contributed by atoms with Gasteiger partial charge in [-0.3, -0.25) is 9.59 Å². The lowest BCUT2D eigenvalue weighted by Crippen LogP contribution is -2.40. The van der Waals surface area contributed by atoms with E-state index >= 15 is 0 Å². The Morgan fingerprint density at radius 1 is 1.00 bits per heavy atom. The topological polar surface area (TPSA) is 94.5 Å². The van der Waals surface area contributed by atoms with E-state index in [1.807, 2.05) is 31.2 Å². The van der Waals surface area contributed by atoms with E-state index < -0.39 is 30.5 Å². The van der Waals surface area contributed by atoms with Gasteiger partial charge >= 0.3 is 5.97 Å². The van der Waals surface area contributed by atoms with Crippen LogP contribution >= 0.6 is 11.6 Å². The zero-order valence-electron chi connectivity index (χ0n) is 21.0. The number of hydrogen-bond donors (Lipinski definition) is 1. The number of aliphatic carboxylic acids is 1. The predicted molar refractivity (Wildman–Crippen MR) is 139 cm³/mol. The van der Waals surface area contributed by atoms with E-state index in [4.69, 9.17) is 30.5 Å². The summed E-state index contributed by atoms with van der Waals surface area (Å²) in [5, 5.41) is 9.94. The molecule has 0 radical (unpaired) electrons. The zero-order valence-corrected chi connectivity index (χ0v) is 21.7. The van der Waals surface area contributed by atoms with E-state index in [1.165, 1.54) is 14.2 Å². The van der Waals surface area contributed by atoms with Crippen molar-refractivity contribution in [3.63, 3.8) is 0 Å². The van der Waals surface area contributed by atoms with Crippen molar-refractivity contribution in [1.29, 1.82) is 0 Å². The van der Waals surface area contributed by atoms with E-state index in [-0.39, 0.29) is 6.54 Å². The summed E-state index contributed by atoms with van der Waals surface area (Å²) in [7, 11) is 4.61. The number of carboxylic acid groups (broad SMARTS) is 1. The molecule has 1 N–H and O–H groups in total. The van der Waals surface area contributed by atoms with Crippen molar-refractivity contribution in [1.82, 2.24) is 0 Å². The number of methoxy groups -OCH3 is 3. The number of rotatable bonds is 8. The van der Waals surface area contributed by atoms with Crippen LogP contribution in [0.25, 0.3) is 0 Å². The van der Waals surface area contributed by atoms with Crippen molar-refractivity contribution in [2.24, 2.45) is 0 Å². The Balaban J connectivity index is 1.90. The molecule has 1 aliphatic rings. The van der Waals surface area contributed by atoms with Crippen LogP contribution < -0.4 is 19.1 Å². The third-order valence-corrected chi connectivity index (χ3v) is 6.68. The fourth-order valence-electron chi connectivity index (χ4n) is 4.46. The van der Waals surface area contributed by atoms with Gasteiger partial charge in [0.1, 0.15) is 29.5 Å². The first-order valence-electron chi connectivity index (χ1n) is 11.6. The fourth-order valence-corrected chi connectivity index (χ4v) is 4.76. The van der Waals surface area contributed by atoms with Gasteiger partial charge in [0.05, 0.1) is 45.0 Å². The molecule has 0 aromatic heterocycles. The van der Waals surface area contributed by atoms with Crippen molar-refractivity contribution < 1.29 is 33.6 Å². The second-order valence-corrected chi connectivity index (χ2v) is 9.01. The van der Waals surface area contributed by atoms with Crippen LogP contribution in [-0.2, 0) is 20.9 Å². The lowest BCUT2D eigenvalue weighted by Gasteiger charge is -2.26. The minimum atomic E-state index is -1.26. The summed E-state index contributed by atoms with van der Waals surface area (Å²) in [4.78, 5) is 27.2. The normalized spacial score (nSPS) is 17.1. The highest BCUT2D eigenvalue weighted by molar-refractivity contribution is 6.33. The van der Waals surface area contributed by atoms with Crippen LogP contribution in [0.5, 0.6) is 17.2 Å². The van der Waals surface area contributed by atoms with Gasteiger partial charge in [0.2, 0.25) is 0 Å². The van der Waals surface area contributed by atoms with E-state index in [9.17, 15) is 14.7 Å². The van der Waals surface area contributed by atoms with Crippen LogP contribution in [0, 0.1) is 6.92 Å². The fraction of sp³-hybridized carbons (Fsp3) is 0.286. The number of carbonyl (C=O) groups excluding carboxylic acids is 1. The number of ether oxygens (including phenoxy) is 4. The van der Waals surface area contributed by atoms with Gasteiger partial charge in [-0.1, -0.05) is 41.4 Å². The maximum absolute atomic E-state index is 13.9. The molecule has 0 saturated carbocycles. The van der Waals surface area contributed by atoms with E-state index in [0.717, 1.165) is 11.1 Å².